The van der Waals surface area contributed by atoms with Gasteiger partial charge in [-0.15, -0.1) is 0 Å². The number of esters is 1. The Hall–Kier alpha value is -1.68. The molecule has 0 heterocycles. The second-order valence-corrected chi connectivity index (χ2v) is 11.0. The number of aliphatic hydroxyl groups excluding tert-OH is 1. The molecule has 30 heavy (non-hydrogen) atoms. The fourth-order valence-corrected chi connectivity index (χ4v) is 8.31. The summed E-state index contributed by atoms with van der Waals surface area (Å²) in [7, 11) is 0. The van der Waals surface area contributed by atoms with Gasteiger partial charge in [-0.3, -0.25) is 4.79 Å². The molecule has 2 bridgehead atoms. The lowest BCUT2D eigenvalue weighted by Crippen LogP contribution is -2.63. The summed E-state index contributed by atoms with van der Waals surface area (Å²) < 4.78 is 6.20. The zero-order valence-electron chi connectivity index (χ0n) is 18.2. The molecule has 0 radical (unpaired) electrons. The molecular formula is C26H34O4. The van der Waals surface area contributed by atoms with E-state index in [2.05, 4.69) is 13.8 Å². The highest BCUT2D eigenvalue weighted by atomic mass is 16.5. The first-order valence-electron chi connectivity index (χ1n) is 11.7. The Balaban J connectivity index is 1.53. The second kappa shape index (κ2) is 6.91. The molecule has 4 aliphatic carbocycles. The SMILES string of the molecule is C[C@@]12CC[C@@]3(C1)[C@@H](CC2=O)C[C@@H](OC(=O)c1ccccc1)[C@@H]1[C@H](CO)CCC[C@@]13C. The van der Waals surface area contributed by atoms with Gasteiger partial charge in [-0.05, 0) is 73.3 Å². The summed E-state index contributed by atoms with van der Waals surface area (Å²) in [5, 5.41) is 10.3. The summed E-state index contributed by atoms with van der Waals surface area (Å²) in [6.07, 6.45) is 7.44. The van der Waals surface area contributed by atoms with E-state index in [0.29, 0.717) is 17.8 Å². The summed E-state index contributed by atoms with van der Waals surface area (Å²) >= 11 is 0. The Morgan fingerprint density at radius 1 is 1.17 bits per heavy atom. The van der Waals surface area contributed by atoms with E-state index in [4.69, 9.17) is 4.74 Å². The molecule has 1 spiro atoms. The van der Waals surface area contributed by atoms with Gasteiger partial charge >= 0.3 is 5.97 Å². The predicted molar refractivity (Wildman–Crippen MR) is 114 cm³/mol. The average Bonchev–Trinajstić information content (AvgIpc) is 3.08. The van der Waals surface area contributed by atoms with Crippen LogP contribution in [-0.4, -0.2) is 29.6 Å². The number of benzene rings is 1. The standard InChI is InChI=1S/C26H34O4/c1-24-11-12-26(16-24)19(14-21(24)28)13-20(30-23(29)17-7-4-3-5-8-17)22-18(15-27)9-6-10-25(22,26)2/h3-5,7-8,18-20,22,27H,6,9-16H2,1-2H3/t18-,19+,20+,22-,24+,25-,26+/m0/s1. The van der Waals surface area contributed by atoms with Crippen molar-refractivity contribution >= 4 is 11.8 Å². The van der Waals surface area contributed by atoms with Gasteiger partial charge in [0.05, 0.1) is 5.56 Å². The lowest BCUT2D eigenvalue weighted by Gasteiger charge is -2.65. The topological polar surface area (TPSA) is 63.6 Å². The largest absolute Gasteiger partial charge is 0.458 e. The first-order valence-corrected chi connectivity index (χ1v) is 11.7. The van der Waals surface area contributed by atoms with E-state index in [-0.39, 0.29) is 52.7 Å². The number of Topliss-reactive ketones (excluding diaryl/α,β-unsaturated/α-hetero) is 1. The zero-order valence-corrected chi connectivity index (χ0v) is 18.2. The normalized spacial score (nSPS) is 44.8. The zero-order chi connectivity index (χ0) is 21.1. The number of aliphatic hydroxyl groups is 1. The molecule has 7 atom stereocenters. The van der Waals surface area contributed by atoms with Crippen molar-refractivity contribution < 1.29 is 19.4 Å². The van der Waals surface area contributed by atoms with Crippen molar-refractivity contribution in [2.45, 2.75) is 71.3 Å². The van der Waals surface area contributed by atoms with Gasteiger partial charge in [0.2, 0.25) is 0 Å². The number of hydrogen-bond donors (Lipinski definition) is 1. The van der Waals surface area contributed by atoms with Crippen LogP contribution < -0.4 is 0 Å². The van der Waals surface area contributed by atoms with Gasteiger partial charge in [0.25, 0.3) is 0 Å². The quantitative estimate of drug-likeness (QED) is 0.727. The Kier molecular flexibility index (Phi) is 4.66. The van der Waals surface area contributed by atoms with Crippen LogP contribution in [0.25, 0.3) is 0 Å². The van der Waals surface area contributed by atoms with E-state index in [0.717, 1.165) is 44.9 Å². The van der Waals surface area contributed by atoms with Gasteiger partial charge in [-0.1, -0.05) is 38.5 Å². The van der Waals surface area contributed by atoms with Gasteiger partial charge in [-0.25, -0.2) is 4.79 Å². The molecule has 4 fully saturated rings. The molecule has 4 saturated carbocycles. The van der Waals surface area contributed by atoms with Gasteiger partial charge in [-0.2, -0.15) is 0 Å². The van der Waals surface area contributed by atoms with Crippen LogP contribution in [0.1, 0.15) is 75.6 Å². The molecule has 4 aliphatic rings. The van der Waals surface area contributed by atoms with Crippen molar-refractivity contribution in [3.63, 3.8) is 0 Å². The molecule has 4 nitrogen and oxygen atoms in total. The number of carbonyl (C=O) groups is 2. The molecular weight excluding hydrogens is 376 g/mol. The van der Waals surface area contributed by atoms with Crippen LogP contribution in [0.3, 0.4) is 0 Å². The smallest absolute Gasteiger partial charge is 0.338 e. The van der Waals surface area contributed by atoms with Crippen LogP contribution in [0.5, 0.6) is 0 Å². The number of ketones is 1. The number of ether oxygens (including phenoxy) is 1. The molecule has 0 unspecified atom stereocenters. The van der Waals surface area contributed by atoms with E-state index in [1.165, 1.54) is 0 Å². The number of rotatable bonds is 3. The highest BCUT2D eigenvalue weighted by Gasteiger charge is 2.70. The second-order valence-electron chi connectivity index (χ2n) is 11.0. The molecule has 1 aromatic rings. The van der Waals surface area contributed by atoms with Crippen molar-refractivity contribution in [1.29, 1.82) is 0 Å². The maximum atomic E-state index is 13.0. The minimum atomic E-state index is -0.278. The highest BCUT2D eigenvalue weighted by molar-refractivity contribution is 5.89. The third-order valence-corrected chi connectivity index (χ3v) is 9.79. The van der Waals surface area contributed by atoms with Crippen molar-refractivity contribution in [1.82, 2.24) is 0 Å². The number of carbonyl (C=O) groups excluding carboxylic acids is 2. The van der Waals surface area contributed by atoms with Crippen LogP contribution in [0.4, 0.5) is 0 Å². The average molecular weight is 411 g/mol. The lowest BCUT2D eigenvalue weighted by molar-refractivity contribution is -0.202. The fourth-order valence-electron chi connectivity index (χ4n) is 8.31. The molecule has 0 aromatic heterocycles. The third-order valence-electron chi connectivity index (χ3n) is 9.79. The van der Waals surface area contributed by atoms with Gasteiger partial charge in [0, 0.05) is 24.4 Å². The fraction of sp³-hybridized carbons (Fsp3) is 0.692. The van der Waals surface area contributed by atoms with Crippen molar-refractivity contribution in [3.05, 3.63) is 35.9 Å². The predicted octanol–water partition coefficient (Wildman–Crippen LogP) is 4.80. The summed E-state index contributed by atoms with van der Waals surface area (Å²) in [5.74, 6) is 0.741. The Labute approximate surface area is 179 Å². The van der Waals surface area contributed by atoms with E-state index in [1.54, 1.807) is 12.1 Å². The summed E-state index contributed by atoms with van der Waals surface area (Å²) in [6.45, 7) is 4.72. The van der Waals surface area contributed by atoms with Crippen LogP contribution >= 0.6 is 0 Å². The van der Waals surface area contributed by atoms with Crippen molar-refractivity contribution in [2.75, 3.05) is 6.61 Å². The lowest BCUT2D eigenvalue weighted by atomic mass is 9.39. The molecule has 0 aliphatic heterocycles. The molecule has 1 N–H and O–H groups in total. The molecule has 162 valence electrons. The van der Waals surface area contributed by atoms with Crippen LogP contribution in [-0.2, 0) is 9.53 Å². The summed E-state index contributed by atoms with van der Waals surface area (Å²) in [6, 6.07) is 9.19. The summed E-state index contributed by atoms with van der Waals surface area (Å²) in [4.78, 5) is 26.0. The van der Waals surface area contributed by atoms with Crippen molar-refractivity contribution in [2.24, 2.45) is 34.0 Å². The van der Waals surface area contributed by atoms with Crippen LogP contribution in [0.15, 0.2) is 30.3 Å². The summed E-state index contributed by atoms with van der Waals surface area (Å²) in [5.41, 5.74) is 0.541. The van der Waals surface area contributed by atoms with E-state index >= 15 is 0 Å². The first-order chi connectivity index (χ1) is 14.3. The van der Waals surface area contributed by atoms with Gasteiger partial charge < -0.3 is 9.84 Å². The maximum absolute atomic E-state index is 13.0. The molecule has 5 rings (SSSR count). The van der Waals surface area contributed by atoms with E-state index in [9.17, 15) is 14.7 Å². The van der Waals surface area contributed by atoms with E-state index < -0.39 is 0 Å². The van der Waals surface area contributed by atoms with Crippen molar-refractivity contribution in [3.8, 4) is 0 Å². The van der Waals surface area contributed by atoms with E-state index in [1.807, 2.05) is 18.2 Å². The third kappa shape index (κ3) is 2.68. The van der Waals surface area contributed by atoms with Crippen LogP contribution in [0.2, 0.25) is 0 Å². The maximum Gasteiger partial charge on any atom is 0.338 e. The molecule has 4 heteroatoms. The Morgan fingerprint density at radius 2 is 1.93 bits per heavy atom. The monoisotopic (exact) mass is 410 g/mol. The first kappa shape index (κ1) is 20.2. The minimum Gasteiger partial charge on any atom is -0.458 e. The number of hydrogen-bond acceptors (Lipinski definition) is 4. The Bertz CT molecular complexity index is 850. The number of fused-ring (bicyclic) bond motifs is 2. The molecule has 0 amide bonds. The highest BCUT2D eigenvalue weighted by Crippen LogP contribution is 2.74. The Morgan fingerprint density at radius 3 is 2.67 bits per heavy atom. The van der Waals surface area contributed by atoms with Gasteiger partial charge in [0.1, 0.15) is 11.9 Å². The molecule has 1 aromatic carbocycles. The van der Waals surface area contributed by atoms with Gasteiger partial charge in [0.15, 0.2) is 0 Å². The molecule has 0 saturated heterocycles. The van der Waals surface area contributed by atoms with Crippen LogP contribution in [0, 0.1) is 34.0 Å². The minimum absolute atomic E-state index is 0.00164.